The Morgan fingerprint density at radius 1 is 1.03 bits per heavy atom. The van der Waals surface area contributed by atoms with Gasteiger partial charge in [0, 0.05) is 5.56 Å². The van der Waals surface area contributed by atoms with Gasteiger partial charge in [-0.15, -0.1) is 33.4 Å². The van der Waals surface area contributed by atoms with Gasteiger partial charge in [0.25, 0.3) is 10.2 Å². The van der Waals surface area contributed by atoms with Crippen molar-refractivity contribution in [3.8, 4) is 11.5 Å². The van der Waals surface area contributed by atoms with Crippen molar-refractivity contribution in [1.82, 2.24) is 0 Å². The molecule has 2 rings (SSSR count). The average Bonchev–Trinajstić information content (AvgIpc) is 2.78. The van der Waals surface area contributed by atoms with Crippen LogP contribution in [0.2, 0.25) is 0 Å². The number of ether oxygens (including phenoxy) is 5. The normalized spacial score (nSPS) is 14.8. The maximum absolute atomic E-state index is 13.6. The van der Waals surface area contributed by atoms with Crippen LogP contribution in [0.25, 0.3) is 6.08 Å². The quantitative estimate of drug-likeness (QED) is 0.122. The van der Waals surface area contributed by atoms with E-state index in [2.05, 4.69) is 28.6 Å². The van der Waals surface area contributed by atoms with E-state index in [0.717, 1.165) is 13.0 Å². The highest BCUT2D eigenvalue weighted by Crippen LogP contribution is 2.41. The van der Waals surface area contributed by atoms with E-state index < -0.39 is 89.7 Å². The van der Waals surface area contributed by atoms with E-state index >= 15 is 0 Å². The van der Waals surface area contributed by atoms with Crippen LogP contribution in [-0.2, 0) is 28.7 Å². The fourth-order valence-corrected chi connectivity index (χ4v) is 2.85. The lowest BCUT2D eigenvalue weighted by Crippen LogP contribution is -2.41. The molecule has 0 radical (unpaired) electrons. The Hall–Kier alpha value is -4.72. The molecular weight excluding hydrogens is 566 g/mol. The predicted molar refractivity (Wildman–Crippen MR) is 105 cm³/mol. The van der Waals surface area contributed by atoms with Gasteiger partial charge in [-0.3, -0.25) is 0 Å². The van der Waals surface area contributed by atoms with Gasteiger partial charge in [-0.25, -0.2) is 9.59 Å². The Kier molecular flexibility index (Phi) is 9.55. The molecule has 1 unspecified atom stereocenters. The third-order valence-electron chi connectivity index (χ3n) is 4.23. The maximum atomic E-state index is 13.6. The van der Waals surface area contributed by atoms with Crippen LogP contribution in [0.15, 0.2) is 17.7 Å². The molecule has 0 aromatic heterocycles. The number of aryl methyl sites for hydroxylation is 1. The second-order valence-electron chi connectivity index (χ2n) is 7.07. The number of halogens is 6. The highest BCUT2D eigenvalue weighted by molar-refractivity contribution is 5.96. The van der Waals surface area contributed by atoms with Gasteiger partial charge in [0.15, 0.2) is 6.10 Å². The zero-order chi connectivity index (χ0) is 29.5. The molecule has 0 spiro atoms. The van der Waals surface area contributed by atoms with E-state index in [1.54, 1.807) is 0 Å². The van der Waals surface area contributed by atoms with Crippen LogP contribution in [0.5, 0.6) is 11.5 Å². The summed E-state index contributed by atoms with van der Waals surface area (Å²) in [5.74, 6) is -3.09. The lowest BCUT2D eigenvalue weighted by Gasteiger charge is -2.29. The Bertz CT molecular complexity index is 1120. The molecule has 39 heavy (non-hydrogen) atoms. The van der Waals surface area contributed by atoms with Gasteiger partial charge >= 0.3 is 24.7 Å². The highest BCUT2D eigenvalue weighted by Gasteiger charge is 2.49. The van der Waals surface area contributed by atoms with E-state index in [1.165, 1.54) is 0 Å². The Morgan fingerprint density at radius 2 is 1.62 bits per heavy atom. The van der Waals surface area contributed by atoms with Gasteiger partial charge in [0.05, 0.1) is 5.57 Å². The van der Waals surface area contributed by atoms with Crippen molar-refractivity contribution in [1.29, 1.82) is 0 Å². The molecule has 1 atom stereocenters. The summed E-state index contributed by atoms with van der Waals surface area (Å²) in [6.07, 6.45) is -16.3. The highest BCUT2D eigenvalue weighted by atomic mass is 19.4. The predicted octanol–water partition coefficient (Wildman–Crippen LogP) is 3.04. The van der Waals surface area contributed by atoms with Gasteiger partial charge in [-0.05, 0) is 30.7 Å². The molecule has 0 bridgehead atoms. The lowest BCUT2D eigenvalue weighted by molar-refractivity contribution is -0.768. The Balaban J connectivity index is 2.13. The third-order valence-corrected chi connectivity index (χ3v) is 4.23. The number of carbonyl (C=O) groups excluding carboxylic acids is 2. The minimum Gasteiger partial charge on any atom is -0.475 e. The van der Waals surface area contributed by atoms with Gasteiger partial charge in [0.1, 0.15) is 24.7 Å². The first-order valence-electron chi connectivity index (χ1n) is 9.86. The minimum absolute atomic E-state index is 0.188. The molecule has 1 aliphatic heterocycles. The van der Waals surface area contributed by atoms with E-state index in [0.29, 0.717) is 12.1 Å². The number of hydrogen-bond donors (Lipinski definition) is 0. The van der Waals surface area contributed by atoms with Crippen LogP contribution in [0, 0.1) is 27.2 Å². The topological polar surface area (TPSA) is 185 Å². The molecule has 1 aromatic rings. The van der Waals surface area contributed by atoms with Crippen molar-refractivity contribution < 1.29 is 79.5 Å². The molecule has 0 saturated heterocycles. The average molecular weight is 580 g/mol. The number of hydrogen-bond acceptors (Lipinski definition) is 13. The van der Waals surface area contributed by atoms with Crippen LogP contribution in [0.4, 0.5) is 31.1 Å². The van der Waals surface area contributed by atoms with Gasteiger partial charge in [0.2, 0.25) is 12.9 Å². The van der Waals surface area contributed by atoms with E-state index in [9.17, 15) is 56.2 Å². The molecule has 0 fully saturated rings. The molecule has 0 amide bonds. The first kappa shape index (κ1) is 30.5. The van der Waals surface area contributed by atoms with Crippen LogP contribution in [-0.4, -0.2) is 67.1 Å². The standard InChI is InChI=1S/C18H14F6N2O13/c1-8-2-10(39-18(22,23)24)3-9-4-12(14(17(19,20)21)38-13(8)9)15(27)33-7-34-16(28)37-11(5-35-25(29)30)6-36-26(31)32/h2-4,11,14H,5-7H2,1H3. The molecule has 1 aromatic carbocycles. The number of rotatable bonds is 11. The summed E-state index contributed by atoms with van der Waals surface area (Å²) < 4.78 is 100. The molecule has 0 saturated carbocycles. The fraction of sp³-hybridized carbons (Fsp3) is 0.444. The maximum Gasteiger partial charge on any atom is 0.573 e. The van der Waals surface area contributed by atoms with Gasteiger partial charge in [-0.2, -0.15) is 13.2 Å². The van der Waals surface area contributed by atoms with Crippen molar-refractivity contribution >= 4 is 18.2 Å². The van der Waals surface area contributed by atoms with Crippen molar-refractivity contribution in [3.05, 3.63) is 49.1 Å². The molecule has 0 aliphatic carbocycles. The first-order chi connectivity index (χ1) is 18.0. The van der Waals surface area contributed by atoms with Crippen LogP contribution < -0.4 is 9.47 Å². The van der Waals surface area contributed by atoms with Gasteiger partial charge < -0.3 is 33.4 Å². The zero-order valence-corrected chi connectivity index (χ0v) is 19.0. The largest absolute Gasteiger partial charge is 0.573 e. The molecular formula is C18H14F6N2O13. The van der Waals surface area contributed by atoms with Crippen LogP contribution >= 0.6 is 0 Å². The van der Waals surface area contributed by atoms with E-state index in [1.807, 2.05) is 0 Å². The zero-order valence-electron chi connectivity index (χ0n) is 19.0. The summed E-state index contributed by atoms with van der Waals surface area (Å²) in [7, 11) is 0. The SMILES string of the molecule is Cc1cc(OC(F)(F)F)cc2c1OC(C(F)(F)F)C(C(=O)OCOC(=O)OC(CO[N+](=O)[O-])CO[N+](=O)[O-])=C2. The Labute approximate surface area is 210 Å². The monoisotopic (exact) mass is 580 g/mol. The molecule has 21 heteroatoms. The lowest BCUT2D eigenvalue weighted by atomic mass is 9.99. The number of nitrogens with zero attached hydrogens (tertiary/aromatic N) is 2. The van der Waals surface area contributed by atoms with Crippen molar-refractivity contribution in [2.24, 2.45) is 0 Å². The summed E-state index contributed by atoms with van der Waals surface area (Å²) >= 11 is 0. The van der Waals surface area contributed by atoms with Crippen molar-refractivity contribution in [2.45, 2.75) is 31.7 Å². The second kappa shape index (κ2) is 12.2. The summed E-state index contributed by atoms with van der Waals surface area (Å²) in [5.41, 5.74) is -1.83. The van der Waals surface area contributed by atoms with Crippen LogP contribution in [0.1, 0.15) is 11.1 Å². The smallest absolute Gasteiger partial charge is 0.475 e. The third kappa shape index (κ3) is 9.59. The Morgan fingerprint density at radius 3 is 2.13 bits per heavy atom. The molecule has 1 aliphatic rings. The summed E-state index contributed by atoms with van der Waals surface area (Å²) in [5, 5.41) is 17.8. The number of benzene rings is 1. The van der Waals surface area contributed by atoms with Crippen molar-refractivity contribution in [3.63, 3.8) is 0 Å². The van der Waals surface area contributed by atoms with Crippen molar-refractivity contribution in [2.75, 3.05) is 20.0 Å². The molecule has 1 heterocycles. The number of alkyl halides is 6. The van der Waals surface area contributed by atoms with E-state index in [-0.39, 0.29) is 5.56 Å². The van der Waals surface area contributed by atoms with Gasteiger partial charge in [-0.1, -0.05) is 0 Å². The first-order valence-corrected chi connectivity index (χ1v) is 9.86. The van der Waals surface area contributed by atoms with E-state index in [4.69, 9.17) is 4.74 Å². The summed E-state index contributed by atoms with van der Waals surface area (Å²) in [6.45, 7) is -2.37. The summed E-state index contributed by atoms with van der Waals surface area (Å²) in [4.78, 5) is 52.2. The molecule has 0 N–H and O–H groups in total. The fourth-order valence-electron chi connectivity index (χ4n) is 2.85. The molecule has 15 nitrogen and oxygen atoms in total. The minimum atomic E-state index is -5.21. The number of fused-ring (bicyclic) bond motifs is 1. The number of carbonyl (C=O) groups is 2. The molecule has 216 valence electrons. The summed E-state index contributed by atoms with van der Waals surface area (Å²) in [6, 6.07) is 1.42. The second-order valence-corrected chi connectivity index (χ2v) is 7.07. The number of esters is 1. The van der Waals surface area contributed by atoms with Crippen LogP contribution in [0.3, 0.4) is 0 Å².